The lowest BCUT2D eigenvalue weighted by Crippen LogP contribution is -2.50. The van der Waals surface area contributed by atoms with E-state index in [1.807, 2.05) is 16.8 Å². The highest BCUT2D eigenvalue weighted by atomic mass is 16.2. The fourth-order valence-corrected chi connectivity index (χ4v) is 4.84. The van der Waals surface area contributed by atoms with E-state index in [4.69, 9.17) is 0 Å². The molecule has 1 N–H and O–H groups in total. The van der Waals surface area contributed by atoms with Crippen LogP contribution in [0.3, 0.4) is 0 Å². The molecule has 1 unspecified atom stereocenters. The Kier molecular flexibility index (Phi) is 11.3. The maximum atomic E-state index is 12.5. The van der Waals surface area contributed by atoms with Gasteiger partial charge in [-0.2, -0.15) is 0 Å². The van der Waals surface area contributed by atoms with Crippen LogP contribution in [-0.2, 0) is 9.59 Å². The summed E-state index contributed by atoms with van der Waals surface area (Å²) in [5, 5.41) is 3.51. The van der Waals surface area contributed by atoms with Gasteiger partial charge in [-0.05, 0) is 43.4 Å². The molecule has 7 heteroatoms. The van der Waals surface area contributed by atoms with E-state index in [-0.39, 0.29) is 11.8 Å². The van der Waals surface area contributed by atoms with Crippen molar-refractivity contribution >= 4 is 17.8 Å². The molecule has 2 aliphatic heterocycles. The van der Waals surface area contributed by atoms with E-state index >= 15 is 0 Å². The molecule has 0 aliphatic carbocycles. The number of carbonyl (C=O) groups is 2. The number of carbonyl (C=O) groups excluding carboxylic acids is 2. The predicted octanol–water partition coefficient (Wildman–Crippen LogP) is 3.21. The minimum atomic E-state index is 0.221. The average molecular weight is 450 g/mol. The summed E-state index contributed by atoms with van der Waals surface area (Å²) in [6.45, 7) is 14.6. The van der Waals surface area contributed by atoms with Crippen molar-refractivity contribution in [1.82, 2.24) is 20.0 Å². The summed E-state index contributed by atoms with van der Waals surface area (Å²) >= 11 is 0. The van der Waals surface area contributed by atoms with Crippen LogP contribution in [-0.4, -0.2) is 85.3 Å². The molecule has 0 aromatic carbocycles. The first-order valence-electron chi connectivity index (χ1n) is 12.8. The Bertz CT molecular complexity index is 611. The van der Waals surface area contributed by atoms with E-state index < -0.39 is 0 Å². The third kappa shape index (κ3) is 8.99. The summed E-state index contributed by atoms with van der Waals surface area (Å²) < 4.78 is 0. The number of hydrogen-bond acceptors (Lipinski definition) is 3. The molecule has 0 aromatic heterocycles. The highest BCUT2D eigenvalue weighted by Crippen LogP contribution is 2.23. The number of nitrogens with one attached hydrogen (secondary N) is 1. The lowest BCUT2D eigenvalue weighted by molar-refractivity contribution is -0.140. The minimum absolute atomic E-state index is 0.221. The second-order valence-corrected chi connectivity index (χ2v) is 10.4. The number of piperazine rings is 1. The number of hydrogen-bond donors (Lipinski definition) is 1. The molecule has 0 radical (unpaired) electrons. The minimum Gasteiger partial charge on any atom is -0.356 e. The Morgan fingerprint density at radius 2 is 1.53 bits per heavy atom. The number of rotatable bonds is 10. The molecule has 2 fully saturated rings. The molecule has 2 rings (SSSR count). The van der Waals surface area contributed by atoms with E-state index in [1.165, 1.54) is 12.8 Å². The zero-order valence-electron chi connectivity index (χ0n) is 21.2. The highest BCUT2D eigenvalue weighted by Gasteiger charge is 2.25. The van der Waals surface area contributed by atoms with Gasteiger partial charge in [0.1, 0.15) is 0 Å². The number of unbranched alkanes of at least 4 members (excludes halogenated alkanes) is 2. The monoisotopic (exact) mass is 449 g/mol. The van der Waals surface area contributed by atoms with E-state index in [0.29, 0.717) is 44.9 Å². The number of nitrogens with zero attached hydrogens (tertiary/aromatic N) is 4. The van der Waals surface area contributed by atoms with Crippen LogP contribution in [0.5, 0.6) is 0 Å². The van der Waals surface area contributed by atoms with Crippen LogP contribution in [0.2, 0.25) is 0 Å². The van der Waals surface area contributed by atoms with Crippen LogP contribution >= 0.6 is 0 Å². The smallest absolute Gasteiger partial charge is 0.222 e. The average Bonchev–Trinajstić information content (AvgIpc) is 3.20. The zero-order chi connectivity index (χ0) is 23.5. The Morgan fingerprint density at radius 3 is 2.12 bits per heavy atom. The van der Waals surface area contributed by atoms with Crippen LogP contribution < -0.4 is 5.32 Å². The second kappa shape index (κ2) is 13.7. The van der Waals surface area contributed by atoms with Crippen LogP contribution in [0.25, 0.3) is 0 Å². The van der Waals surface area contributed by atoms with Gasteiger partial charge >= 0.3 is 0 Å². The normalized spacial score (nSPS) is 19.9. The highest BCUT2D eigenvalue weighted by molar-refractivity contribution is 5.80. The Balaban J connectivity index is 1.55. The largest absolute Gasteiger partial charge is 0.356 e. The van der Waals surface area contributed by atoms with Gasteiger partial charge in [0.15, 0.2) is 5.96 Å². The number of likely N-dealkylation sites (tertiary alicyclic amines) is 1. The van der Waals surface area contributed by atoms with Crippen LogP contribution in [0.15, 0.2) is 4.99 Å². The summed E-state index contributed by atoms with van der Waals surface area (Å²) in [4.78, 5) is 35.4. The Hall–Kier alpha value is -1.79. The van der Waals surface area contributed by atoms with Crippen molar-refractivity contribution in [2.24, 2.45) is 22.7 Å². The van der Waals surface area contributed by atoms with E-state index in [0.717, 1.165) is 56.7 Å². The summed E-state index contributed by atoms with van der Waals surface area (Å²) in [6.07, 6.45) is 6.78. The lowest BCUT2D eigenvalue weighted by atomic mass is 9.97. The zero-order valence-corrected chi connectivity index (χ0v) is 21.2. The third-order valence-corrected chi connectivity index (χ3v) is 6.52. The standard InChI is InChI=1S/C25H47N5O2/c1-20(2)17-22-10-12-30(19-22)25(26-5)27-11-8-6-7-9-23(31)28-13-15-29(16-14-28)24(32)18-21(3)4/h20-22H,6-19H2,1-5H3,(H,26,27). The van der Waals surface area contributed by atoms with Crippen molar-refractivity contribution in [1.29, 1.82) is 0 Å². The summed E-state index contributed by atoms with van der Waals surface area (Å²) in [5.41, 5.74) is 0. The first-order valence-corrected chi connectivity index (χ1v) is 12.8. The maximum absolute atomic E-state index is 12.5. The topological polar surface area (TPSA) is 68.2 Å². The van der Waals surface area contributed by atoms with Crippen LogP contribution in [0.4, 0.5) is 0 Å². The van der Waals surface area contributed by atoms with E-state index in [1.54, 1.807) is 0 Å². The molecule has 0 bridgehead atoms. The van der Waals surface area contributed by atoms with Gasteiger partial charge in [-0.25, -0.2) is 0 Å². The molecular formula is C25H47N5O2. The van der Waals surface area contributed by atoms with Crippen molar-refractivity contribution in [3.05, 3.63) is 0 Å². The second-order valence-electron chi connectivity index (χ2n) is 10.4. The molecule has 184 valence electrons. The van der Waals surface area contributed by atoms with Crippen molar-refractivity contribution in [2.45, 2.75) is 72.6 Å². The predicted molar refractivity (Wildman–Crippen MR) is 132 cm³/mol. The molecule has 0 spiro atoms. The molecule has 2 heterocycles. The molecule has 7 nitrogen and oxygen atoms in total. The molecule has 0 aromatic rings. The van der Waals surface area contributed by atoms with E-state index in [9.17, 15) is 9.59 Å². The van der Waals surface area contributed by atoms with Gasteiger partial charge in [0.05, 0.1) is 0 Å². The first-order chi connectivity index (χ1) is 15.3. The quantitative estimate of drug-likeness (QED) is 0.316. The van der Waals surface area contributed by atoms with Gasteiger partial charge in [-0.15, -0.1) is 0 Å². The Morgan fingerprint density at radius 1 is 0.875 bits per heavy atom. The van der Waals surface area contributed by atoms with Crippen LogP contribution in [0, 0.1) is 17.8 Å². The summed E-state index contributed by atoms with van der Waals surface area (Å²) in [5.74, 6) is 3.41. The van der Waals surface area contributed by atoms with Crippen molar-refractivity contribution in [3.63, 3.8) is 0 Å². The molecule has 0 saturated carbocycles. The van der Waals surface area contributed by atoms with Crippen molar-refractivity contribution in [3.8, 4) is 0 Å². The van der Waals surface area contributed by atoms with Gasteiger partial charge in [-0.3, -0.25) is 14.6 Å². The Labute approximate surface area is 196 Å². The number of amides is 2. The fourth-order valence-electron chi connectivity index (χ4n) is 4.84. The van der Waals surface area contributed by atoms with Crippen LogP contribution in [0.1, 0.15) is 72.6 Å². The van der Waals surface area contributed by atoms with Crippen molar-refractivity contribution < 1.29 is 9.59 Å². The lowest BCUT2D eigenvalue weighted by Gasteiger charge is -2.35. The summed E-state index contributed by atoms with van der Waals surface area (Å²) in [6, 6.07) is 0. The van der Waals surface area contributed by atoms with Gasteiger partial charge in [0.2, 0.25) is 11.8 Å². The van der Waals surface area contributed by atoms with Gasteiger partial charge in [0, 0.05) is 65.7 Å². The molecule has 32 heavy (non-hydrogen) atoms. The summed E-state index contributed by atoms with van der Waals surface area (Å²) in [7, 11) is 1.87. The van der Waals surface area contributed by atoms with Crippen molar-refractivity contribution in [2.75, 3.05) is 52.9 Å². The molecule has 2 saturated heterocycles. The van der Waals surface area contributed by atoms with Gasteiger partial charge < -0.3 is 20.0 Å². The first kappa shape index (κ1) is 26.5. The molecule has 2 amide bonds. The number of guanidine groups is 1. The number of aliphatic imine (C=N–C) groups is 1. The SMILES string of the molecule is CN=C(NCCCCCC(=O)N1CCN(C(=O)CC(C)C)CC1)N1CCC(CC(C)C)C1. The van der Waals surface area contributed by atoms with Gasteiger partial charge in [0.25, 0.3) is 0 Å². The molecule has 1 atom stereocenters. The fraction of sp³-hybridized carbons (Fsp3) is 0.880. The van der Waals surface area contributed by atoms with Gasteiger partial charge in [-0.1, -0.05) is 34.1 Å². The molecule has 2 aliphatic rings. The van der Waals surface area contributed by atoms with E-state index in [2.05, 4.69) is 42.9 Å². The maximum Gasteiger partial charge on any atom is 0.222 e. The third-order valence-electron chi connectivity index (χ3n) is 6.52. The molecular weight excluding hydrogens is 402 g/mol.